The lowest BCUT2D eigenvalue weighted by atomic mass is 9.85. The van der Waals surface area contributed by atoms with Crippen LogP contribution in [0.5, 0.6) is 0 Å². The number of rotatable bonds is 3. The van der Waals surface area contributed by atoms with Gasteiger partial charge in [0.25, 0.3) is 0 Å². The molecule has 0 spiro atoms. The number of aliphatic hydroxyl groups is 3. The maximum atomic E-state index is 11.7. The van der Waals surface area contributed by atoms with Gasteiger partial charge in [-0.15, -0.1) is 0 Å². The third-order valence-corrected chi connectivity index (χ3v) is 2.23. The summed E-state index contributed by atoms with van der Waals surface area (Å²) >= 11 is 0. The number of carbonyl (C=O) groups is 1. The summed E-state index contributed by atoms with van der Waals surface area (Å²) in [7, 11) is 0. The number of carbonyl (C=O) groups excluding carboxylic acids is 1. The SMILES string of the molecule is CC(C)CC(=O)C1(O)C=C(O)C=C(O)C1. The van der Waals surface area contributed by atoms with Gasteiger partial charge in [-0.2, -0.15) is 0 Å². The van der Waals surface area contributed by atoms with Gasteiger partial charge in [0.05, 0.1) is 5.76 Å². The Morgan fingerprint density at radius 3 is 2.60 bits per heavy atom. The van der Waals surface area contributed by atoms with Crippen molar-refractivity contribution in [3.05, 3.63) is 23.7 Å². The van der Waals surface area contributed by atoms with Gasteiger partial charge in [0.1, 0.15) is 5.76 Å². The van der Waals surface area contributed by atoms with Crippen molar-refractivity contribution in [1.82, 2.24) is 0 Å². The van der Waals surface area contributed by atoms with Crippen LogP contribution >= 0.6 is 0 Å². The molecule has 1 aliphatic rings. The molecule has 0 aliphatic heterocycles. The average molecular weight is 212 g/mol. The summed E-state index contributed by atoms with van der Waals surface area (Å²) in [6, 6.07) is 0. The fourth-order valence-corrected chi connectivity index (χ4v) is 1.56. The molecule has 0 fully saturated rings. The van der Waals surface area contributed by atoms with Crippen LogP contribution < -0.4 is 0 Å². The number of Topliss-reactive ketones (excluding diaryl/α,β-unsaturated/α-hetero) is 1. The van der Waals surface area contributed by atoms with E-state index in [2.05, 4.69) is 0 Å². The van der Waals surface area contributed by atoms with E-state index in [9.17, 15) is 20.1 Å². The van der Waals surface area contributed by atoms with E-state index in [1.165, 1.54) is 0 Å². The first-order chi connectivity index (χ1) is 6.83. The molecule has 0 saturated carbocycles. The molecule has 0 aromatic heterocycles. The van der Waals surface area contributed by atoms with Crippen molar-refractivity contribution >= 4 is 5.78 Å². The van der Waals surface area contributed by atoms with Gasteiger partial charge in [-0.1, -0.05) is 13.8 Å². The number of aliphatic hydroxyl groups excluding tert-OH is 2. The fraction of sp³-hybridized carbons (Fsp3) is 0.545. The van der Waals surface area contributed by atoms with Crippen molar-refractivity contribution in [3.8, 4) is 0 Å². The number of hydrogen-bond acceptors (Lipinski definition) is 4. The van der Waals surface area contributed by atoms with Gasteiger partial charge in [-0.05, 0) is 12.0 Å². The first-order valence-electron chi connectivity index (χ1n) is 4.90. The maximum Gasteiger partial charge on any atom is 0.169 e. The van der Waals surface area contributed by atoms with E-state index < -0.39 is 5.60 Å². The van der Waals surface area contributed by atoms with Crippen LogP contribution in [0.3, 0.4) is 0 Å². The fourth-order valence-electron chi connectivity index (χ4n) is 1.56. The normalized spacial score (nSPS) is 26.1. The Kier molecular flexibility index (Phi) is 3.19. The highest BCUT2D eigenvalue weighted by Crippen LogP contribution is 2.27. The molecular formula is C11H16O4. The minimum absolute atomic E-state index is 0.130. The second-order valence-corrected chi connectivity index (χ2v) is 4.33. The molecule has 1 aliphatic carbocycles. The van der Waals surface area contributed by atoms with Crippen molar-refractivity contribution < 1.29 is 20.1 Å². The lowest BCUT2D eigenvalue weighted by molar-refractivity contribution is -0.134. The molecule has 84 valence electrons. The van der Waals surface area contributed by atoms with Gasteiger partial charge in [-0.3, -0.25) is 4.79 Å². The predicted molar refractivity (Wildman–Crippen MR) is 55.5 cm³/mol. The van der Waals surface area contributed by atoms with Crippen LogP contribution in [0.2, 0.25) is 0 Å². The summed E-state index contributed by atoms with van der Waals surface area (Å²) in [5.74, 6) is -0.721. The van der Waals surface area contributed by atoms with Gasteiger partial charge in [0.2, 0.25) is 0 Å². The summed E-state index contributed by atoms with van der Waals surface area (Å²) in [5, 5.41) is 28.4. The lowest BCUT2D eigenvalue weighted by Gasteiger charge is -2.26. The molecule has 0 saturated heterocycles. The Morgan fingerprint density at radius 1 is 1.53 bits per heavy atom. The summed E-state index contributed by atoms with van der Waals surface area (Å²) < 4.78 is 0. The smallest absolute Gasteiger partial charge is 0.169 e. The first kappa shape index (κ1) is 11.8. The summed E-state index contributed by atoms with van der Waals surface area (Å²) in [6.45, 7) is 3.73. The average Bonchev–Trinajstić information content (AvgIpc) is 1.99. The number of ketones is 1. The molecule has 0 heterocycles. The van der Waals surface area contributed by atoms with E-state index >= 15 is 0 Å². The molecule has 0 bridgehead atoms. The van der Waals surface area contributed by atoms with Crippen molar-refractivity contribution in [1.29, 1.82) is 0 Å². The zero-order chi connectivity index (χ0) is 11.6. The molecule has 0 aromatic carbocycles. The van der Waals surface area contributed by atoms with Crippen LogP contribution in [0.25, 0.3) is 0 Å². The molecule has 3 N–H and O–H groups in total. The monoisotopic (exact) mass is 212 g/mol. The van der Waals surface area contributed by atoms with Crippen molar-refractivity contribution in [3.63, 3.8) is 0 Å². The lowest BCUT2D eigenvalue weighted by Crippen LogP contribution is -2.39. The molecule has 15 heavy (non-hydrogen) atoms. The van der Waals surface area contributed by atoms with Crippen molar-refractivity contribution in [2.24, 2.45) is 5.92 Å². The van der Waals surface area contributed by atoms with Crippen LogP contribution in [0.4, 0.5) is 0 Å². The standard InChI is InChI=1S/C11H16O4/c1-7(2)3-10(14)11(15)5-8(12)4-9(13)6-11/h4-5,7,12-13,15H,3,6H2,1-2H3. The topological polar surface area (TPSA) is 77.8 Å². The van der Waals surface area contributed by atoms with E-state index in [0.29, 0.717) is 0 Å². The quantitative estimate of drug-likeness (QED) is 0.664. The Bertz CT molecular complexity index is 327. The van der Waals surface area contributed by atoms with Gasteiger partial charge in [0.15, 0.2) is 11.4 Å². The zero-order valence-electron chi connectivity index (χ0n) is 8.90. The Labute approximate surface area is 88.5 Å². The van der Waals surface area contributed by atoms with Crippen molar-refractivity contribution in [2.75, 3.05) is 0 Å². The third-order valence-electron chi connectivity index (χ3n) is 2.23. The highest BCUT2D eigenvalue weighted by Gasteiger charge is 2.37. The molecule has 0 radical (unpaired) electrons. The van der Waals surface area contributed by atoms with E-state index in [1.807, 2.05) is 13.8 Å². The first-order valence-corrected chi connectivity index (χ1v) is 4.90. The molecule has 1 atom stereocenters. The van der Waals surface area contributed by atoms with Crippen LogP contribution in [0.1, 0.15) is 26.7 Å². The highest BCUT2D eigenvalue weighted by atomic mass is 16.3. The zero-order valence-corrected chi connectivity index (χ0v) is 8.90. The number of hydrogen-bond donors (Lipinski definition) is 3. The summed E-state index contributed by atoms with van der Waals surface area (Å²) in [4.78, 5) is 11.7. The van der Waals surface area contributed by atoms with Crippen LogP contribution in [0, 0.1) is 5.92 Å². The second-order valence-electron chi connectivity index (χ2n) is 4.33. The summed E-state index contributed by atoms with van der Waals surface area (Å²) in [6.07, 6.45) is 2.25. The highest BCUT2D eigenvalue weighted by molar-refractivity contribution is 5.90. The van der Waals surface area contributed by atoms with Crippen molar-refractivity contribution in [2.45, 2.75) is 32.3 Å². The Morgan fingerprint density at radius 2 is 2.13 bits per heavy atom. The minimum atomic E-state index is -1.76. The van der Waals surface area contributed by atoms with Crippen LogP contribution in [-0.4, -0.2) is 26.7 Å². The second kappa shape index (κ2) is 4.06. The van der Waals surface area contributed by atoms with E-state index in [-0.39, 0.29) is 36.1 Å². The maximum absolute atomic E-state index is 11.7. The predicted octanol–water partition coefficient (Wildman–Crippen LogP) is 1.62. The van der Waals surface area contributed by atoms with Gasteiger partial charge < -0.3 is 15.3 Å². The number of allylic oxidation sites excluding steroid dienone is 1. The molecular weight excluding hydrogens is 196 g/mol. The molecule has 0 amide bonds. The van der Waals surface area contributed by atoms with E-state index in [0.717, 1.165) is 12.2 Å². The van der Waals surface area contributed by atoms with Crippen LogP contribution in [-0.2, 0) is 4.79 Å². The largest absolute Gasteiger partial charge is 0.512 e. The molecule has 4 heteroatoms. The Balaban J connectivity index is 2.85. The Hall–Kier alpha value is -1.29. The minimum Gasteiger partial charge on any atom is -0.512 e. The summed E-state index contributed by atoms with van der Waals surface area (Å²) in [5.41, 5.74) is -1.76. The van der Waals surface area contributed by atoms with Gasteiger partial charge in [0, 0.05) is 18.9 Å². The van der Waals surface area contributed by atoms with Gasteiger partial charge >= 0.3 is 0 Å². The van der Waals surface area contributed by atoms with Crippen LogP contribution in [0.15, 0.2) is 23.7 Å². The third kappa shape index (κ3) is 2.83. The van der Waals surface area contributed by atoms with E-state index in [4.69, 9.17) is 0 Å². The molecule has 1 rings (SSSR count). The molecule has 1 unspecified atom stereocenters. The molecule has 0 aromatic rings. The van der Waals surface area contributed by atoms with Gasteiger partial charge in [-0.25, -0.2) is 0 Å². The molecule has 4 nitrogen and oxygen atoms in total. The van der Waals surface area contributed by atoms with E-state index in [1.54, 1.807) is 0 Å².